The summed E-state index contributed by atoms with van der Waals surface area (Å²) in [6.45, 7) is 6.98. The van der Waals surface area contributed by atoms with Crippen LogP contribution in [-0.2, 0) is 0 Å². The summed E-state index contributed by atoms with van der Waals surface area (Å²) in [6, 6.07) is 10.4. The van der Waals surface area contributed by atoms with E-state index >= 15 is 0 Å². The predicted molar refractivity (Wildman–Crippen MR) is 68.9 cm³/mol. The first-order chi connectivity index (χ1) is 7.84. The van der Waals surface area contributed by atoms with Crippen molar-refractivity contribution in [2.45, 2.75) is 0 Å². The monoisotopic (exact) mass is 219 g/mol. The van der Waals surface area contributed by atoms with Crippen molar-refractivity contribution >= 4 is 5.69 Å². The molecule has 0 saturated carbocycles. The van der Waals surface area contributed by atoms with E-state index in [0.717, 1.165) is 13.1 Å². The Morgan fingerprint density at radius 2 is 1.75 bits per heavy atom. The second kappa shape index (κ2) is 5.87. The molecular formula is C13H21N3. The third-order valence-electron chi connectivity index (χ3n) is 3.13. The highest BCUT2D eigenvalue weighted by molar-refractivity contribution is 5.42. The molecule has 1 aromatic carbocycles. The lowest BCUT2D eigenvalue weighted by Gasteiger charge is -2.32. The average molecular weight is 219 g/mol. The van der Waals surface area contributed by atoms with Crippen molar-refractivity contribution in [2.24, 2.45) is 0 Å². The smallest absolute Gasteiger partial charge is 0.0340 e. The Hall–Kier alpha value is -1.06. The van der Waals surface area contributed by atoms with Crippen LogP contribution in [0, 0.1) is 0 Å². The molecule has 1 aliphatic rings. The van der Waals surface area contributed by atoms with E-state index in [1.165, 1.54) is 31.9 Å². The van der Waals surface area contributed by atoms with Gasteiger partial charge in [0.25, 0.3) is 0 Å². The molecule has 1 N–H and O–H groups in total. The van der Waals surface area contributed by atoms with Crippen LogP contribution in [0.25, 0.3) is 0 Å². The van der Waals surface area contributed by atoms with Crippen LogP contribution in [0.4, 0.5) is 5.69 Å². The zero-order chi connectivity index (χ0) is 11.2. The van der Waals surface area contributed by atoms with E-state index in [2.05, 4.69) is 46.4 Å². The molecule has 16 heavy (non-hydrogen) atoms. The van der Waals surface area contributed by atoms with Crippen molar-refractivity contribution in [1.29, 1.82) is 0 Å². The van der Waals surface area contributed by atoms with Crippen LogP contribution in [0.3, 0.4) is 0 Å². The van der Waals surface area contributed by atoms with Crippen LogP contribution >= 0.6 is 0 Å². The molecule has 3 heteroatoms. The molecule has 3 nitrogen and oxygen atoms in total. The number of hydrogen-bond donors (Lipinski definition) is 1. The minimum atomic E-state index is 1.04. The van der Waals surface area contributed by atoms with Gasteiger partial charge in [0.15, 0.2) is 0 Å². The zero-order valence-corrected chi connectivity index (χ0v) is 10.0. The topological polar surface area (TPSA) is 18.5 Å². The van der Waals surface area contributed by atoms with Gasteiger partial charge in [-0.25, -0.2) is 0 Å². The van der Waals surface area contributed by atoms with Gasteiger partial charge in [-0.3, -0.25) is 4.90 Å². The number of anilines is 1. The Bertz CT molecular complexity index is 291. The Morgan fingerprint density at radius 1 is 1.06 bits per heavy atom. The largest absolute Gasteiger partial charge is 0.384 e. The third-order valence-corrected chi connectivity index (χ3v) is 3.13. The second-order valence-electron chi connectivity index (χ2n) is 4.44. The molecule has 0 bridgehead atoms. The van der Waals surface area contributed by atoms with E-state index in [-0.39, 0.29) is 0 Å². The van der Waals surface area contributed by atoms with E-state index < -0.39 is 0 Å². The van der Waals surface area contributed by atoms with Gasteiger partial charge < -0.3 is 10.2 Å². The van der Waals surface area contributed by atoms with Crippen LogP contribution in [0.2, 0.25) is 0 Å². The Labute approximate surface area is 98.0 Å². The molecule has 1 fully saturated rings. The van der Waals surface area contributed by atoms with Crippen LogP contribution in [0.15, 0.2) is 30.3 Å². The maximum Gasteiger partial charge on any atom is 0.0340 e. The summed E-state index contributed by atoms with van der Waals surface area (Å²) in [5.74, 6) is 0. The lowest BCUT2D eigenvalue weighted by Crippen LogP contribution is -2.45. The van der Waals surface area contributed by atoms with E-state index in [1.54, 1.807) is 0 Å². The molecule has 1 aliphatic heterocycles. The molecule has 88 valence electrons. The second-order valence-corrected chi connectivity index (χ2v) is 4.44. The van der Waals surface area contributed by atoms with Crippen molar-refractivity contribution < 1.29 is 0 Å². The normalized spacial score (nSPS) is 18.6. The van der Waals surface area contributed by atoms with Gasteiger partial charge in [-0.05, 0) is 19.2 Å². The van der Waals surface area contributed by atoms with Gasteiger partial charge in [-0.2, -0.15) is 0 Å². The number of benzene rings is 1. The highest BCUT2D eigenvalue weighted by atomic mass is 15.2. The van der Waals surface area contributed by atoms with E-state index in [9.17, 15) is 0 Å². The summed E-state index contributed by atoms with van der Waals surface area (Å²) >= 11 is 0. The quantitative estimate of drug-likeness (QED) is 0.824. The zero-order valence-electron chi connectivity index (χ0n) is 10.0. The minimum absolute atomic E-state index is 1.04. The number of hydrogen-bond acceptors (Lipinski definition) is 3. The number of rotatable bonds is 4. The molecule has 0 unspecified atom stereocenters. The van der Waals surface area contributed by atoms with Crippen molar-refractivity contribution in [3.05, 3.63) is 30.3 Å². The highest BCUT2D eigenvalue weighted by Gasteiger charge is 2.12. The van der Waals surface area contributed by atoms with Crippen LogP contribution < -0.4 is 5.32 Å². The minimum Gasteiger partial charge on any atom is -0.384 e. The summed E-state index contributed by atoms with van der Waals surface area (Å²) in [5, 5.41) is 3.45. The SMILES string of the molecule is CN1CCN(CCNc2ccccc2)CC1. The van der Waals surface area contributed by atoms with Gasteiger partial charge in [-0.15, -0.1) is 0 Å². The number of likely N-dealkylation sites (N-methyl/N-ethyl adjacent to an activating group) is 1. The highest BCUT2D eigenvalue weighted by Crippen LogP contribution is 2.04. The fraction of sp³-hybridized carbons (Fsp3) is 0.538. The maximum absolute atomic E-state index is 3.45. The summed E-state index contributed by atoms with van der Waals surface area (Å²) in [4.78, 5) is 4.91. The fourth-order valence-corrected chi connectivity index (χ4v) is 1.99. The molecule has 2 rings (SSSR count). The first-order valence-corrected chi connectivity index (χ1v) is 6.04. The average Bonchev–Trinajstić information content (AvgIpc) is 2.33. The van der Waals surface area contributed by atoms with Crippen LogP contribution in [-0.4, -0.2) is 56.1 Å². The maximum atomic E-state index is 3.45. The van der Waals surface area contributed by atoms with E-state index in [1.807, 2.05) is 6.07 Å². The van der Waals surface area contributed by atoms with Crippen molar-refractivity contribution in [1.82, 2.24) is 9.80 Å². The third kappa shape index (κ3) is 3.51. The van der Waals surface area contributed by atoms with Crippen molar-refractivity contribution in [3.8, 4) is 0 Å². The lowest BCUT2D eigenvalue weighted by molar-refractivity contribution is 0.158. The van der Waals surface area contributed by atoms with Gasteiger partial charge >= 0.3 is 0 Å². The predicted octanol–water partition coefficient (Wildman–Crippen LogP) is 1.35. The number of nitrogens with one attached hydrogen (secondary N) is 1. The fourth-order valence-electron chi connectivity index (χ4n) is 1.99. The molecule has 1 aromatic rings. The van der Waals surface area contributed by atoms with Gasteiger partial charge in [0.05, 0.1) is 0 Å². The first kappa shape index (κ1) is 11.4. The summed E-state index contributed by atoms with van der Waals surface area (Å²) in [6.07, 6.45) is 0. The van der Waals surface area contributed by atoms with Crippen LogP contribution in [0.1, 0.15) is 0 Å². The Kier molecular flexibility index (Phi) is 4.19. The van der Waals surface area contributed by atoms with E-state index in [0.29, 0.717) is 0 Å². The molecule has 0 atom stereocenters. The molecule has 0 aliphatic carbocycles. The molecule has 0 amide bonds. The summed E-state index contributed by atoms with van der Waals surface area (Å²) in [7, 11) is 2.19. The van der Waals surface area contributed by atoms with Gasteiger partial charge in [0.2, 0.25) is 0 Å². The number of para-hydroxylation sites is 1. The van der Waals surface area contributed by atoms with Crippen LogP contribution in [0.5, 0.6) is 0 Å². The van der Waals surface area contributed by atoms with Gasteiger partial charge in [0, 0.05) is 45.0 Å². The van der Waals surface area contributed by atoms with Gasteiger partial charge in [0.1, 0.15) is 0 Å². The molecule has 1 saturated heterocycles. The van der Waals surface area contributed by atoms with Crippen molar-refractivity contribution in [2.75, 3.05) is 51.6 Å². The molecule has 0 radical (unpaired) electrons. The van der Waals surface area contributed by atoms with Crippen molar-refractivity contribution in [3.63, 3.8) is 0 Å². The number of piperazine rings is 1. The Balaban J connectivity index is 1.65. The first-order valence-electron chi connectivity index (χ1n) is 6.04. The molecule has 1 heterocycles. The standard InChI is InChI=1S/C13H21N3/c1-15-9-11-16(12-10-15)8-7-14-13-5-3-2-4-6-13/h2-6,14H,7-12H2,1H3. The molecule has 0 aromatic heterocycles. The summed E-state index contributed by atoms with van der Waals surface area (Å²) in [5.41, 5.74) is 1.22. The molecular weight excluding hydrogens is 198 g/mol. The van der Waals surface area contributed by atoms with E-state index in [4.69, 9.17) is 0 Å². The summed E-state index contributed by atoms with van der Waals surface area (Å²) < 4.78 is 0. The van der Waals surface area contributed by atoms with Gasteiger partial charge in [-0.1, -0.05) is 18.2 Å². The lowest BCUT2D eigenvalue weighted by atomic mass is 10.3. The molecule has 0 spiro atoms. The Morgan fingerprint density at radius 3 is 2.44 bits per heavy atom. The number of nitrogens with zero attached hydrogens (tertiary/aromatic N) is 2.